The highest BCUT2D eigenvalue weighted by Gasteiger charge is 2.37. The molecule has 0 fully saturated rings. The number of Topliss-reactive ketones (excluding diaryl/α,β-unsaturated/α-hetero) is 2. The topological polar surface area (TPSA) is 34.1 Å². The summed E-state index contributed by atoms with van der Waals surface area (Å²) in [5.74, 6) is 0.0241. The summed E-state index contributed by atoms with van der Waals surface area (Å²) in [6.07, 6.45) is 0. The lowest BCUT2D eigenvalue weighted by Crippen LogP contribution is -2.39. The minimum Gasteiger partial charge on any atom is -0.297 e. The molecule has 0 aromatic heterocycles. The molecule has 0 unspecified atom stereocenters. The quantitative estimate of drug-likeness (QED) is 0.446. The molecule has 14 heavy (non-hydrogen) atoms. The molecule has 0 aliphatic rings. The van der Waals surface area contributed by atoms with E-state index in [1.165, 1.54) is 0 Å². The molecule has 0 aromatic carbocycles. The lowest BCUT2D eigenvalue weighted by Gasteiger charge is -2.25. The summed E-state index contributed by atoms with van der Waals surface area (Å²) in [7, 11) is 0. The van der Waals surface area contributed by atoms with Gasteiger partial charge in [0.2, 0.25) is 0 Å². The van der Waals surface area contributed by atoms with Crippen molar-refractivity contribution in [2.75, 3.05) is 0 Å². The second kappa shape index (κ2) is 4.29. The van der Waals surface area contributed by atoms with Crippen LogP contribution in [-0.4, -0.2) is 15.5 Å². The highest BCUT2D eigenvalue weighted by molar-refractivity contribution is 14.1. The van der Waals surface area contributed by atoms with Crippen molar-refractivity contribution in [1.29, 1.82) is 0 Å². The number of rotatable bonds is 2. The molecule has 0 bridgehead atoms. The molecule has 0 rings (SSSR count). The van der Waals surface area contributed by atoms with Crippen LogP contribution in [0.2, 0.25) is 0 Å². The lowest BCUT2D eigenvalue weighted by atomic mass is 9.82. The van der Waals surface area contributed by atoms with E-state index in [0.29, 0.717) is 0 Å². The Morgan fingerprint density at radius 1 is 0.857 bits per heavy atom. The first-order chi connectivity index (χ1) is 5.98. The van der Waals surface area contributed by atoms with E-state index in [2.05, 4.69) is 0 Å². The van der Waals surface area contributed by atoms with Crippen molar-refractivity contribution < 1.29 is 9.59 Å². The van der Waals surface area contributed by atoms with Crippen LogP contribution in [0.15, 0.2) is 0 Å². The van der Waals surface area contributed by atoms with Gasteiger partial charge in [-0.25, -0.2) is 0 Å². The zero-order valence-electron chi connectivity index (χ0n) is 9.77. The molecule has 0 N–H and O–H groups in total. The maximum absolute atomic E-state index is 11.8. The SMILES string of the molecule is CC(C)(C)C(=O)C(I)C(=O)C(C)(C)C. The van der Waals surface area contributed by atoms with Crippen LogP contribution in [0.5, 0.6) is 0 Å². The molecule has 0 aliphatic carbocycles. The molecule has 0 saturated carbocycles. The highest BCUT2D eigenvalue weighted by Crippen LogP contribution is 2.27. The summed E-state index contributed by atoms with van der Waals surface area (Å²) in [5.41, 5.74) is -0.875. The van der Waals surface area contributed by atoms with Gasteiger partial charge in [0.05, 0.1) is 0 Å². The van der Waals surface area contributed by atoms with E-state index in [1.807, 2.05) is 64.1 Å². The van der Waals surface area contributed by atoms with Crippen LogP contribution >= 0.6 is 22.6 Å². The zero-order valence-corrected chi connectivity index (χ0v) is 11.9. The van der Waals surface area contributed by atoms with Crippen molar-refractivity contribution in [1.82, 2.24) is 0 Å². The minimum atomic E-state index is -0.521. The van der Waals surface area contributed by atoms with Crippen LogP contribution < -0.4 is 0 Å². The van der Waals surface area contributed by atoms with Crippen LogP contribution in [0, 0.1) is 10.8 Å². The molecule has 0 radical (unpaired) electrons. The van der Waals surface area contributed by atoms with E-state index < -0.39 is 14.8 Å². The summed E-state index contributed by atoms with van der Waals surface area (Å²) in [6.45, 7) is 11.1. The number of carbonyl (C=O) groups excluding carboxylic acids is 2. The number of hydrogen-bond acceptors (Lipinski definition) is 2. The second-order valence-electron chi connectivity index (χ2n) is 5.59. The van der Waals surface area contributed by atoms with Gasteiger partial charge >= 0.3 is 0 Å². The smallest absolute Gasteiger partial charge is 0.158 e. The van der Waals surface area contributed by atoms with Gasteiger partial charge in [0.15, 0.2) is 11.6 Å². The van der Waals surface area contributed by atoms with E-state index in [0.717, 1.165) is 0 Å². The Balaban J connectivity index is 4.74. The van der Waals surface area contributed by atoms with E-state index >= 15 is 0 Å². The molecular formula is C11H19IO2. The molecule has 0 spiro atoms. The number of halogens is 1. The first kappa shape index (κ1) is 14.1. The van der Waals surface area contributed by atoms with Crippen molar-refractivity contribution in [2.24, 2.45) is 10.8 Å². The predicted octanol–water partition coefficient (Wildman–Crippen LogP) is 3.02. The Morgan fingerprint density at radius 2 is 1.07 bits per heavy atom. The number of hydrogen-bond donors (Lipinski definition) is 0. The Hall–Kier alpha value is 0.0700. The maximum atomic E-state index is 11.8. The van der Waals surface area contributed by atoms with Crippen LogP contribution in [0.3, 0.4) is 0 Å². The molecule has 82 valence electrons. The third kappa shape index (κ3) is 3.67. The van der Waals surface area contributed by atoms with Gasteiger partial charge < -0.3 is 0 Å². The van der Waals surface area contributed by atoms with Gasteiger partial charge in [-0.1, -0.05) is 64.1 Å². The number of carbonyl (C=O) groups is 2. The average molecular weight is 310 g/mol. The van der Waals surface area contributed by atoms with Crippen molar-refractivity contribution in [2.45, 2.75) is 45.5 Å². The van der Waals surface area contributed by atoms with Gasteiger partial charge in [-0.15, -0.1) is 0 Å². The standard InChI is InChI=1S/C11H19IO2/c1-10(2,3)8(13)7(12)9(14)11(4,5)6/h7H,1-6H3. The Kier molecular flexibility index (Phi) is 4.31. The number of ketones is 2. The fraction of sp³-hybridized carbons (Fsp3) is 0.818. The van der Waals surface area contributed by atoms with Gasteiger partial charge in [0, 0.05) is 10.8 Å². The van der Waals surface area contributed by atoms with Crippen LogP contribution in [0.25, 0.3) is 0 Å². The van der Waals surface area contributed by atoms with Crippen molar-refractivity contribution in [3.05, 3.63) is 0 Å². The van der Waals surface area contributed by atoms with Crippen molar-refractivity contribution >= 4 is 34.2 Å². The summed E-state index contributed by atoms with van der Waals surface area (Å²) < 4.78 is -0.521. The first-order valence-electron chi connectivity index (χ1n) is 4.70. The molecule has 0 atom stereocenters. The monoisotopic (exact) mass is 310 g/mol. The Bertz CT molecular complexity index is 217. The fourth-order valence-corrected chi connectivity index (χ4v) is 2.75. The summed E-state index contributed by atoms with van der Waals surface area (Å²) >= 11 is 1.94. The molecule has 0 aliphatic heterocycles. The van der Waals surface area contributed by atoms with Gasteiger partial charge in [0.25, 0.3) is 0 Å². The Labute approximate surface area is 100.0 Å². The molecule has 2 nitrogen and oxygen atoms in total. The third-order valence-electron chi connectivity index (χ3n) is 1.94. The Morgan fingerprint density at radius 3 is 1.21 bits per heavy atom. The maximum Gasteiger partial charge on any atom is 0.158 e. The van der Waals surface area contributed by atoms with Crippen molar-refractivity contribution in [3.8, 4) is 0 Å². The molecule has 0 saturated heterocycles. The molecule has 0 aromatic rings. The van der Waals surface area contributed by atoms with E-state index in [1.54, 1.807) is 0 Å². The normalized spacial score (nSPS) is 13.1. The van der Waals surface area contributed by atoms with Crippen LogP contribution in [0.1, 0.15) is 41.5 Å². The van der Waals surface area contributed by atoms with E-state index in [-0.39, 0.29) is 11.6 Å². The van der Waals surface area contributed by atoms with Crippen LogP contribution in [-0.2, 0) is 9.59 Å². The first-order valence-corrected chi connectivity index (χ1v) is 5.95. The molecule has 3 heteroatoms. The van der Waals surface area contributed by atoms with Gasteiger partial charge in [-0.3, -0.25) is 9.59 Å². The largest absolute Gasteiger partial charge is 0.297 e. The number of alkyl halides is 1. The van der Waals surface area contributed by atoms with Crippen LogP contribution in [0.4, 0.5) is 0 Å². The zero-order chi connectivity index (χ0) is 11.7. The predicted molar refractivity (Wildman–Crippen MR) is 66.7 cm³/mol. The lowest BCUT2D eigenvalue weighted by molar-refractivity contribution is -0.133. The van der Waals surface area contributed by atoms with Crippen molar-refractivity contribution in [3.63, 3.8) is 0 Å². The molecule has 0 heterocycles. The average Bonchev–Trinajstić information content (AvgIpc) is 1.97. The molecule has 0 amide bonds. The molecular weight excluding hydrogens is 291 g/mol. The van der Waals surface area contributed by atoms with Gasteiger partial charge in [0.1, 0.15) is 3.92 Å². The summed E-state index contributed by atoms with van der Waals surface area (Å²) in [5, 5.41) is 0. The van der Waals surface area contributed by atoms with E-state index in [9.17, 15) is 9.59 Å². The van der Waals surface area contributed by atoms with Gasteiger partial charge in [-0.05, 0) is 0 Å². The fourth-order valence-electron chi connectivity index (χ4n) is 0.879. The third-order valence-corrected chi connectivity index (χ3v) is 3.07. The summed E-state index contributed by atoms with van der Waals surface area (Å²) in [6, 6.07) is 0. The highest BCUT2D eigenvalue weighted by atomic mass is 127. The van der Waals surface area contributed by atoms with E-state index in [4.69, 9.17) is 0 Å². The second-order valence-corrected chi connectivity index (χ2v) is 6.84. The minimum absolute atomic E-state index is 0.0121. The summed E-state index contributed by atoms with van der Waals surface area (Å²) in [4.78, 5) is 23.6. The van der Waals surface area contributed by atoms with Gasteiger partial charge in [-0.2, -0.15) is 0 Å².